The first kappa shape index (κ1) is 16.9. The second-order valence-electron chi connectivity index (χ2n) is 4.09. The summed E-state index contributed by atoms with van der Waals surface area (Å²) < 4.78 is 67.8. The fourth-order valence-corrected chi connectivity index (χ4v) is 3.43. The molecule has 0 bridgehead atoms. The van der Waals surface area contributed by atoms with Crippen molar-refractivity contribution in [1.82, 2.24) is 0 Å². The van der Waals surface area contributed by atoms with E-state index in [1.165, 1.54) is 6.07 Å². The third-order valence-electron chi connectivity index (χ3n) is 2.60. The van der Waals surface area contributed by atoms with Gasteiger partial charge in [-0.15, -0.1) is 0 Å². The van der Waals surface area contributed by atoms with Crippen LogP contribution in [0.15, 0.2) is 29.2 Å². The van der Waals surface area contributed by atoms with Gasteiger partial charge in [-0.25, -0.2) is 8.42 Å². The number of rotatable bonds is 6. The minimum Gasteiger partial charge on any atom is -0.376 e. The van der Waals surface area contributed by atoms with E-state index in [0.717, 1.165) is 18.2 Å². The lowest BCUT2D eigenvalue weighted by molar-refractivity contribution is -0.139. The number of alkyl halides is 3. The number of sulfone groups is 1. The van der Waals surface area contributed by atoms with E-state index in [9.17, 15) is 21.6 Å². The Bertz CT molecular complexity index is 543. The van der Waals surface area contributed by atoms with E-state index in [4.69, 9.17) is 10.5 Å². The number of hydrogen-bond acceptors (Lipinski definition) is 4. The van der Waals surface area contributed by atoms with E-state index in [1.54, 1.807) is 6.92 Å². The standard InChI is InChI=1S/C12H16F3NO3S/c1-2-19-9(7-16)8-20(17,18)11-6-4-3-5-10(11)12(13,14)15/h3-6,9H,2,7-8,16H2,1H3. The molecule has 1 atom stereocenters. The second kappa shape index (κ2) is 6.55. The number of ether oxygens (including phenoxy) is 1. The topological polar surface area (TPSA) is 69.4 Å². The molecule has 0 amide bonds. The van der Waals surface area contributed by atoms with Gasteiger partial charge in [0, 0.05) is 13.2 Å². The quantitative estimate of drug-likeness (QED) is 0.870. The summed E-state index contributed by atoms with van der Waals surface area (Å²) in [5.74, 6) is -0.579. The van der Waals surface area contributed by atoms with Gasteiger partial charge in [0.1, 0.15) is 0 Å². The summed E-state index contributed by atoms with van der Waals surface area (Å²) in [4.78, 5) is -0.745. The van der Waals surface area contributed by atoms with E-state index in [-0.39, 0.29) is 13.2 Å². The molecule has 1 aromatic rings. The van der Waals surface area contributed by atoms with Gasteiger partial charge in [-0.3, -0.25) is 0 Å². The first-order chi connectivity index (χ1) is 9.22. The second-order valence-corrected chi connectivity index (χ2v) is 6.09. The van der Waals surface area contributed by atoms with Crippen molar-refractivity contribution < 1.29 is 26.3 Å². The molecular formula is C12H16F3NO3S. The maximum atomic E-state index is 12.8. The highest BCUT2D eigenvalue weighted by Gasteiger charge is 2.37. The third kappa shape index (κ3) is 4.19. The lowest BCUT2D eigenvalue weighted by Gasteiger charge is -2.17. The molecule has 4 nitrogen and oxygen atoms in total. The van der Waals surface area contributed by atoms with Crippen LogP contribution < -0.4 is 5.73 Å². The number of hydrogen-bond donors (Lipinski definition) is 1. The zero-order valence-electron chi connectivity index (χ0n) is 10.9. The summed E-state index contributed by atoms with van der Waals surface area (Å²) in [6.07, 6.45) is -5.56. The first-order valence-electron chi connectivity index (χ1n) is 5.93. The predicted molar refractivity (Wildman–Crippen MR) is 68.0 cm³/mol. The summed E-state index contributed by atoms with van der Waals surface area (Å²) in [6.45, 7) is 1.80. The Morgan fingerprint density at radius 2 is 1.90 bits per heavy atom. The van der Waals surface area contributed by atoms with Crippen LogP contribution in [0.5, 0.6) is 0 Å². The average molecular weight is 311 g/mol. The summed E-state index contributed by atoms with van der Waals surface area (Å²) in [7, 11) is -4.13. The molecule has 0 aliphatic carbocycles. The highest BCUT2D eigenvalue weighted by atomic mass is 32.2. The molecule has 114 valence electrons. The maximum absolute atomic E-state index is 12.8. The summed E-state index contributed by atoms with van der Waals surface area (Å²) in [5, 5.41) is 0. The van der Waals surface area contributed by atoms with Crippen LogP contribution in [0.1, 0.15) is 12.5 Å². The molecule has 2 N–H and O–H groups in total. The molecule has 1 aromatic carbocycles. The Kier molecular flexibility index (Phi) is 5.55. The Hall–Kier alpha value is -1.12. The Labute approximate surface area is 115 Å². The lowest BCUT2D eigenvalue weighted by Crippen LogP contribution is -2.32. The Morgan fingerprint density at radius 3 is 2.40 bits per heavy atom. The van der Waals surface area contributed by atoms with Crippen molar-refractivity contribution in [2.45, 2.75) is 24.1 Å². The van der Waals surface area contributed by atoms with Gasteiger partial charge in [0.25, 0.3) is 0 Å². The van der Waals surface area contributed by atoms with Crippen LogP contribution in [-0.4, -0.2) is 33.4 Å². The molecule has 8 heteroatoms. The molecule has 20 heavy (non-hydrogen) atoms. The molecule has 0 aliphatic rings. The van der Waals surface area contributed by atoms with Crippen molar-refractivity contribution in [1.29, 1.82) is 0 Å². The van der Waals surface area contributed by atoms with Gasteiger partial charge < -0.3 is 10.5 Å². The minimum atomic E-state index is -4.73. The van der Waals surface area contributed by atoms with Gasteiger partial charge >= 0.3 is 6.18 Å². The van der Waals surface area contributed by atoms with Crippen LogP contribution in [0.4, 0.5) is 13.2 Å². The van der Waals surface area contributed by atoms with Crippen LogP contribution in [0.2, 0.25) is 0 Å². The number of nitrogens with two attached hydrogens (primary N) is 1. The molecule has 0 radical (unpaired) electrons. The van der Waals surface area contributed by atoms with Gasteiger partial charge in [0.05, 0.1) is 22.3 Å². The average Bonchev–Trinajstić information content (AvgIpc) is 2.37. The van der Waals surface area contributed by atoms with E-state index in [0.29, 0.717) is 0 Å². The van der Waals surface area contributed by atoms with E-state index < -0.39 is 38.3 Å². The zero-order valence-corrected chi connectivity index (χ0v) is 11.7. The van der Waals surface area contributed by atoms with Crippen molar-refractivity contribution in [3.63, 3.8) is 0 Å². The van der Waals surface area contributed by atoms with Crippen LogP contribution in [0, 0.1) is 0 Å². The molecule has 0 aromatic heterocycles. The van der Waals surface area contributed by atoms with Crippen LogP contribution in [0.25, 0.3) is 0 Å². The van der Waals surface area contributed by atoms with E-state index >= 15 is 0 Å². The van der Waals surface area contributed by atoms with Gasteiger partial charge in [-0.05, 0) is 19.1 Å². The summed E-state index contributed by atoms with van der Waals surface area (Å²) in [5.41, 5.74) is 4.18. The molecular weight excluding hydrogens is 295 g/mol. The van der Waals surface area contributed by atoms with Crippen molar-refractivity contribution >= 4 is 9.84 Å². The van der Waals surface area contributed by atoms with Crippen molar-refractivity contribution in [3.05, 3.63) is 29.8 Å². The van der Waals surface area contributed by atoms with E-state index in [2.05, 4.69) is 0 Å². The Morgan fingerprint density at radius 1 is 1.30 bits per heavy atom. The largest absolute Gasteiger partial charge is 0.417 e. The predicted octanol–water partition coefficient (Wildman–Crippen LogP) is 1.84. The van der Waals surface area contributed by atoms with Gasteiger partial charge in [-0.2, -0.15) is 13.2 Å². The summed E-state index contributed by atoms with van der Waals surface area (Å²) in [6, 6.07) is 4.08. The van der Waals surface area contributed by atoms with E-state index in [1.807, 2.05) is 0 Å². The molecule has 0 aliphatic heterocycles. The monoisotopic (exact) mass is 311 g/mol. The molecule has 0 heterocycles. The van der Waals surface area contributed by atoms with Crippen molar-refractivity contribution in [3.8, 4) is 0 Å². The molecule has 1 unspecified atom stereocenters. The van der Waals surface area contributed by atoms with Gasteiger partial charge in [0.15, 0.2) is 9.84 Å². The molecule has 0 fully saturated rings. The highest BCUT2D eigenvalue weighted by Crippen LogP contribution is 2.34. The lowest BCUT2D eigenvalue weighted by atomic mass is 10.2. The molecule has 0 saturated heterocycles. The van der Waals surface area contributed by atoms with Crippen LogP contribution >= 0.6 is 0 Å². The Balaban J connectivity index is 3.16. The zero-order chi connectivity index (χ0) is 15.4. The smallest absolute Gasteiger partial charge is 0.376 e. The van der Waals surface area contributed by atoms with Gasteiger partial charge in [0.2, 0.25) is 0 Å². The summed E-state index contributed by atoms with van der Waals surface area (Å²) >= 11 is 0. The minimum absolute atomic E-state index is 0.0821. The molecule has 0 spiro atoms. The fraction of sp³-hybridized carbons (Fsp3) is 0.500. The fourth-order valence-electron chi connectivity index (χ4n) is 1.73. The number of benzene rings is 1. The third-order valence-corrected chi connectivity index (χ3v) is 4.43. The first-order valence-corrected chi connectivity index (χ1v) is 7.58. The van der Waals surface area contributed by atoms with Gasteiger partial charge in [-0.1, -0.05) is 12.1 Å². The molecule has 1 rings (SSSR count). The number of halogens is 3. The van der Waals surface area contributed by atoms with Crippen molar-refractivity contribution in [2.75, 3.05) is 18.9 Å². The van der Waals surface area contributed by atoms with Crippen molar-refractivity contribution in [2.24, 2.45) is 5.73 Å². The molecule has 0 saturated carbocycles. The highest BCUT2D eigenvalue weighted by molar-refractivity contribution is 7.91. The van der Waals surface area contributed by atoms with Crippen LogP contribution in [-0.2, 0) is 20.8 Å². The normalized spacial score (nSPS) is 14.2. The SMILES string of the molecule is CCOC(CN)CS(=O)(=O)c1ccccc1C(F)(F)F. The maximum Gasteiger partial charge on any atom is 0.417 e. The van der Waals surface area contributed by atoms with Crippen LogP contribution in [0.3, 0.4) is 0 Å².